The van der Waals surface area contributed by atoms with Crippen molar-refractivity contribution in [2.45, 2.75) is 116 Å². The molecule has 0 bridgehead atoms. The minimum Gasteiger partial charge on any atom is -0.462 e. The zero-order chi connectivity index (χ0) is 27.3. The van der Waals surface area contributed by atoms with Gasteiger partial charge in [0.25, 0.3) is 0 Å². The minimum absolute atomic E-state index is 0.0553. The van der Waals surface area contributed by atoms with Crippen LogP contribution >= 0.6 is 0 Å². The van der Waals surface area contributed by atoms with E-state index >= 15 is 0 Å². The standard InChI is InChI=1S/C26H44O8Si/c1-10-11-32-25(30)13-20(8)33-26(31)16-24(29)15-23(28)14-22(27)12-21(9)34-35(17(2)3,18(4)5)19(6)7/h10,17-21H,1,11-16H2,2-9H3/t20-,21-/m1/s1. The highest BCUT2D eigenvalue weighted by Gasteiger charge is 2.46. The van der Waals surface area contributed by atoms with E-state index in [2.05, 4.69) is 48.1 Å². The van der Waals surface area contributed by atoms with Crippen molar-refractivity contribution in [1.82, 2.24) is 0 Å². The predicted molar refractivity (Wildman–Crippen MR) is 136 cm³/mol. The number of carbonyl (C=O) groups is 5. The number of ketones is 3. The second-order valence-electron chi connectivity index (χ2n) is 10.1. The Morgan fingerprint density at radius 1 is 0.686 bits per heavy atom. The third kappa shape index (κ3) is 11.9. The summed E-state index contributed by atoms with van der Waals surface area (Å²) in [6.07, 6.45) is -1.23. The van der Waals surface area contributed by atoms with Crippen LogP contribution in [0.1, 0.15) is 87.5 Å². The summed E-state index contributed by atoms with van der Waals surface area (Å²) in [7, 11) is -2.15. The minimum atomic E-state index is -2.15. The lowest BCUT2D eigenvalue weighted by molar-refractivity contribution is -0.154. The Hall–Kier alpha value is -2.13. The Morgan fingerprint density at radius 3 is 1.66 bits per heavy atom. The van der Waals surface area contributed by atoms with Crippen molar-refractivity contribution >= 4 is 37.6 Å². The second kappa shape index (κ2) is 15.8. The molecule has 9 heteroatoms. The van der Waals surface area contributed by atoms with Crippen LogP contribution < -0.4 is 0 Å². The van der Waals surface area contributed by atoms with Gasteiger partial charge < -0.3 is 13.9 Å². The summed E-state index contributed by atoms with van der Waals surface area (Å²) in [5, 5.41) is 0. The Labute approximate surface area is 211 Å². The van der Waals surface area contributed by atoms with Gasteiger partial charge in [-0.05, 0) is 30.5 Å². The van der Waals surface area contributed by atoms with Gasteiger partial charge in [-0.15, -0.1) is 0 Å². The lowest BCUT2D eigenvalue weighted by Crippen LogP contribution is -2.50. The molecule has 0 unspecified atom stereocenters. The molecule has 2 atom stereocenters. The molecule has 0 radical (unpaired) electrons. The summed E-state index contributed by atoms with van der Waals surface area (Å²) in [4.78, 5) is 60.1. The number of carbonyl (C=O) groups excluding carboxylic acids is 5. The lowest BCUT2D eigenvalue weighted by Gasteiger charge is -2.44. The van der Waals surface area contributed by atoms with Crippen LogP contribution in [-0.4, -0.2) is 56.4 Å². The van der Waals surface area contributed by atoms with Crippen molar-refractivity contribution in [3.8, 4) is 0 Å². The van der Waals surface area contributed by atoms with Crippen LogP contribution in [0.15, 0.2) is 12.7 Å². The molecule has 0 aliphatic rings. The zero-order valence-electron chi connectivity index (χ0n) is 22.7. The monoisotopic (exact) mass is 512 g/mol. The Kier molecular flexibility index (Phi) is 14.8. The van der Waals surface area contributed by atoms with E-state index in [0.29, 0.717) is 16.6 Å². The fourth-order valence-electron chi connectivity index (χ4n) is 4.67. The van der Waals surface area contributed by atoms with Crippen molar-refractivity contribution in [2.75, 3.05) is 6.61 Å². The number of Topliss-reactive ketones (excluding diaryl/α,β-unsaturated/α-hetero) is 3. The van der Waals surface area contributed by atoms with Crippen LogP contribution in [-0.2, 0) is 37.9 Å². The lowest BCUT2D eigenvalue weighted by atomic mass is 10.0. The van der Waals surface area contributed by atoms with E-state index in [1.54, 1.807) is 0 Å². The molecule has 0 saturated heterocycles. The van der Waals surface area contributed by atoms with Gasteiger partial charge in [0, 0.05) is 12.5 Å². The number of esters is 2. The topological polar surface area (TPSA) is 113 Å². The summed E-state index contributed by atoms with van der Waals surface area (Å²) in [6.45, 7) is 19.8. The molecule has 0 rings (SSSR count). The van der Waals surface area contributed by atoms with Crippen LogP contribution in [0.2, 0.25) is 16.6 Å². The van der Waals surface area contributed by atoms with Crippen LogP contribution in [0.3, 0.4) is 0 Å². The van der Waals surface area contributed by atoms with Gasteiger partial charge in [0.2, 0.25) is 8.32 Å². The van der Waals surface area contributed by atoms with Gasteiger partial charge >= 0.3 is 11.9 Å². The highest BCUT2D eigenvalue weighted by molar-refractivity contribution is 6.77. The first-order chi connectivity index (χ1) is 16.1. The van der Waals surface area contributed by atoms with Gasteiger partial charge in [-0.25, -0.2) is 0 Å². The van der Waals surface area contributed by atoms with Crippen LogP contribution in [0.25, 0.3) is 0 Å². The Bertz CT molecular complexity index is 735. The first-order valence-corrected chi connectivity index (χ1v) is 14.5. The molecule has 0 aromatic rings. The smallest absolute Gasteiger partial charge is 0.313 e. The number of hydrogen-bond donors (Lipinski definition) is 0. The third-order valence-corrected chi connectivity index (χ3v) is 12.1. The van der Waals surface area contributed by atoms with E-state index in [9.17, 15) is 24.0 Å². The average Bonchev–Trinajstić information content (AvgIpc) is 2.68. The van der Waals surface area contributed by atoms with Gasteiger partial charge in [0.05, 0.1) is 19.3 Å². The van der Waals surface area contributed by atoms with E-state index in [1.807, 2.05) is 6.92 Å². The fourth-order valence-corrected chi connectivity index (χ4v) is 10.3. The molecule has 0 saturated carbocycles. The van der Waals surface area contributed by atoms with Crippen molar-refractivity contribution in [3.63, 3.8) is 0 Å². The average molecular weight is 513 g/mol. The molecule has 0 amide bonds. The van der Waals surface area contributed by atoms with Gasteiger partial charge in [0.1, 0.15) is 30.7 Å². The van der Waals surface area contributed by atoms with Crippen molar-refractivity contribution < 1.29 is 37.9 Å². The van der Waals surface area contributed by atoms with Crippen molar-refractivity contribution in [1.29, 1.82) is 0 Å². The maximum absolute atomic E-state index is 12.4. The molecule has 0 aliphatic heterocycles. The molecule has 0 fully saturated rings. The Morgan fingerprint density at radius 2 is 1.17 bits per heavy atom. The predicted octanol–water partition coefficient (Wildman–Crippen LogP) is 4.89. The number of hydrogen-bond acceptors (Lipinski definition) is 8. The van der Waals surface area contributed by atoms with Crippen molar-refractivity contribution in [2.24, 2.45) is 0 Å². The van der Waals surface area contributed by atoms with Gasteiger partial charge in [-0.1, -0.05) is 54.2 Å². The summed E-state index contributed by atoms with van der Waals surface area (Å²) in [6, 6.07) is 0. The highest BCUT2D eigenvalue weighted by Crippen LogP contribution is 2.43. The molecule has 200 valence electrons. The molecule has 0 heterocycles. The normalized spacial score (nSPS) is 13.5. The van der Waals surface area contributed by atoms with E-state index in [1.165, 1.54) is 13.0 Å². The number of ether oxygens (including phenoxy) is 2. The van der Waals surface area contributed by atoms with Gasteiger partial charge in [-0.3, -0.25) is 24.0 Å². The van der Waals surface area contributed by atoms with Gasteiger partial charge in [0.15, 0.2) is 5.78 Å². The van der Waals surface area contributed by atoms with E-state index < -0.39 is 50.8 Å². The highest BCUT2D eigenvalue weighted by atomic mass is 28.4. The first-order valence-electron chi connectivity index (χ1n) is 12.3. The van der Waals surface area contributed by atoms with Crippen LogP contribution in [0, 0.1) is 0 Å². The quantitative estimate of drug-likeness (QED) is 0.110. The SMILES string of the molecule is C=CCOC(=O)C[C@@H](C)OC(=O)CC(=O)CC(=O)CC(=O)C[C@@H](C)O[Si](C(C)C)(C(C)C)C(C)C. The maximum atomic E-state index is 12.4. The largest absolute Gasteiger partial charge is 0.462 e. The van der Waals surface area contributed by atoms with Gasteiger partial charge in [-0.2, -0.15) is 0 Å². The van der Waals surface area contributed by atoms with E-state index in [0.717, 1.165) is 0 Å². The van der Waals surface area contributed by atoms with Crippen LogP contribution in [0.4, 0.5) is 0 Å². The molecule has 0 N–H and O–H groups in total. The molecule has 0 aromatic carbocycles. The Balaban J connectivity index is 4.63. The number of rotatable bonds is 18. The van der Waals surface area contributed by atoms with E-state index in [4.69, 9.17) is 13.9 Å². The molecular weight excluding hydrogens is 468 g/mol. The molecule has 0 aromatic heterocycles. The zero-order valence-corrected chi connectivity index (χ0v) is 23.7. The summed E-state index contributed by atoms with van der Waals surface area (Å²) in [5.41, 5.74) is 1.12. The molecular formula is C26H44O8Si. The van der Waals surface area contributed by atoms with Crippen molar-refractivity contribution in [3.05, 3.63) is 12.7 Å². The third-order valence-electron chi connectivity index (χ3n) is 5.91. The van der Waals surface area contributed by atoms with E-state index in [-0.39, 0.29) is 37.8 Å². The molecule has 8 nitrogen and oxygen atoms in total. The first kappa shape index (κ1) is 32.9. The summed E-state index contributed by atoms with van der Waals surface area (Å²) < 4.78 is 16.4. The maximum Gasteiger partial charge on any atom is 0.313 e. The second-order valence-corrected chi connectivity index (χ2v) is 15.5. The summed E-state index contributed by atoms with van der Waals surface area (Å²) >= 11 is 0. The summed E-state index contributed by atoms with van der Waals surface area (Å²) in [5.74, 6) is -2.86. The fraction of sp³-hybridized carbons (Fsp3) is 0.731. The molecule has 35 heavy (non-hydrogen) atoms. The molecule has 0 spiro atoms. The van der Waals surface area contributed by atoms with Crippen LogP contribution in [0.5, 0.6) is 0 Å². The molecule has 0 aliphatic carbocycles.